The van der Waals surface area contributed by atoms with E-state index in [1.165, 1.54) is 12.8 Å². The van der Waals surface area contributed by atoms with Crippen LogP contribution in [-0.2, 0) is 9.73 Å². The van der Waals surface area contributed by atoms with Crippen molar-refractivity contribution in [1.82, 2.24) is 5.32 Å². The molecule has 1 unspecified atom stereocenters. The second-order valence-corrected chi connectivity index (χ2v) is 6.33. The first kappa shape index (κ1) is 9.99. The summed E-state index contributed by atoms with van der Waals surface area (Å²) < 4.78 is 15.4. The van der Waals surface area contributed by atoms with Gasteiger partial charge in [-0.25, -0.2) is 4.36 Å². The molecule has 0 bridgehead atoms. The Kier molecular flexibility index (Phi) is 3.53. The smallest absolute Gasteiger partial charge is 0.0524 e. The molecule has 1 fully saturated rings. The second kappa shape index (κ2) is 4.23. The Balaban J connectivity index is 2.36. The average molecular weight is 190 g/mol. The van der Waals surface area contributed by atoms with Crippen molar-refractivity contribution in [3.05, 3.63) is 0 Å². The van der Waals surface area contributed by atoms with Crippen LogP contribution in [0.15, 0.2) is 4.36 Å². The van der Waals surface area contributed by atoms with Crippen LogP contribution in [0.4, 0.5) is 0 Å². The predicted octanol–water partition coefficient (Wildman–Crippen LogP) is 0.714. The molecule has 12 heavy (non-hydrogen) atoms. The van der Waals surface area contributed by atoms with E-state index in [1.54, 1.807) is 12.5 Å². The monoisotopic (exact) mass is 190 g/mol. The van der Waals surface area contributed by atoms with E-state index in [4.69, 9.17) is 0 Å². The van der Waals surface area contributed by atoms with Gasteiger partial charge in [0.25, 0.3) is 0 Å². The van der Waals surface area contributed by atoms with E-state index in [2.05, 4.69) is 9.68 Å². The molecule has 0 amide bonds. The molecule has 3 nitrogen and oxygen atoms in total. The first-order valence-electron chi connectivity index (χ1n) is 4.41. The third-order valence-corrected chi connectivity index (χ3v) is 2.81. The van der Waals surface area contributed by atoms with Gasteiger partial charge in [0.15, 0.2) is 0 Å². The Morgan fingerprint density at radius 2 is 2.33 bits per heavy atom. The lowest BCUT2D eigenvalue weighted by Crippen LogP contribution is -2.31. The van der Waals surface area contributed by atoms with Crippen LogP contribution < -0.4 is 5.32 Å². The van der Waals surface area contributed by atoms with Gasteiger partial charge in [0.2, 0.25) is 0 Å². The molecule has 0 aliphatic carbocycles. The van der Waals surface area contributed by atoms with Gasteiger partial charge in [-0.1, -0.05) is 0 Å². The van der Waals surface area contributed by atoms with E-state index in [-0.39, 0.29) is 0 Å². The average Bonchev–Trinajstić information content (AvgIpc) is 2.02. The quantitative estimate of drug-likeness (QED) is 0.697. The van der Waals surface area contributed by atoms with E-state index >= 15 is 0 Å². The van der Waals surface area contributed by atoms with Crippen molar-refractivity contribution in [2.24, 2.45) is 10.3 Å². The van der Waals surface area contributed by atoms with Crippen molar-refractivity contribution in [2.75, 3.05) is 32.1 Å². The zero-order chi connectivity index (χ0) is 9.03. The van der Waals surface area contributed by atoms with Gasteiger partial charge < -0.3 is 5.32 Å². The summed E-state index contributed by atoms with van der Waals surface area (Å²) in [6.45, 7) is 2.93. The summed E-state index contributed by atoms with van der Waals surface area (Å²) in [4.78, 5) is 0. The molecule has 0 spiro atoms. The molecule has 0 aromatic carbocycles. The maximum atomic E-state index is 11.2. The molecule has 72 valence electrons. The highest BCUT2D eigenvalue weighted by molar-refractivity contribution is 7.92. The lowest BCUT2D eigenvalue weighted by atomic mass is 10.0. The molecule has 1 N–H and O–H groups in total. The molecule has 0 saturated carbocycles. The molecule has 0 aromatic rings. The Labute approximate surface area is 75.1 Å². The summed E-state index contributed by atoms with van der Waals surface area (Å²) in [6.07, 6.45) is 5.85. The largest absolute Gasteiger partial charge is 0.316 e. The molecule has 1 aliphatic rings. The molecular formula is C8H18N2OS. The van der Waals surface area contributed by atoms with E-state index in [1.807, 2.05) is 0 Å². The lowest BCUT2D eigenvalue weighted by Gasteiger charge is -2.20. The highest BCUT2D eigenvalue weighted by Gasteiger charge is 2.11. The predicted molar refractivity (Wildman–Crippen MR) is 52.9 cm³/mol. The Bertz CT molecular complexity index is 229. The summed E-state index contributed by atoms with van der Waals surface area (Å²) in [5, 5.41) is 3.32. The van der Waals surface area contributed by atoms with E-state index in [9.17, 15) is 4.21 Å². The van der Waals surface area contributed by atoms with Crippen molar-refractivity contribution in [3.8, 4) is 0 Å². The SMILES string of the molecule is CS(C)(=O)=NCC1CCCNC1. The van der Waals surface area contributed by atoms with Crippen molar-refractivity contribution in [2.45, 2.75) is 12.8 Å². The van der Waals surface area contributed by atoms with Crippen LogP contribution in [0.25, 0.3) is 0 Å². The van der Waals surface area contributed by atoms with Gasteiger partial charge in [-0.2, -0.15) is 0 Å². The van der Waals surface area contributed by atoms with Crippen LogP contribution in [0.5, 0.6) is 0 Å². The van der Waals surface area contributed by atoms with Gasteiger partial charge in [-0.05, 0) is 31.8 Å². The van der Waals surface area contributed by atoms with Gasteiger partial charge in [-0.15, -0.1) is 0 Å². The lowest BCUT2D eigenvalue weighted by molar-refractivity contribution is 0.387. The zero-order valence-corrected chi connectivity index (χ0v) is 8.69. The minimum atomic E-state index is -1.88. The van der Waals surface area contributed by atoms with Crippen molar-refractivity contribution in [1.29, 1.82) is 0 Å². The third kappa shape index (κ3) is 4.07. The first-order chi connectivity index (χ1) is 5.58. The number of hydrogen-bond acceptors (Lipinski definition) is 3. The summed E-state index contributed by atoms with van der Waals surface area (Å²) in [5.41, 5.74) is 0. The topological polar surface area (TPSA) is 41.5 Å². The standard InChI is InChI=1S/C8H18N2OS/c1-12(2,11)10-7-8-4-3-5-9-6-8/h8-9H,3-7H2,1-2H3. The highest BCUT2D eigenvalue weighted by atomic mass is 32.2. The fourth-order valence-corrected chi connectivity index (χ4v) is 1.93. The first-order valence-corrected chi connectivity index (χ1v) is 6.75. The van der Waals surface area contributed by atoms with Crippen LogP contribution in [0, 0.1) is 5.92 Å². The number of hydrogen-bond donors (Lipinski definition) is 1. The summed E-state index contributed by atoms with van der Waals surface area (Å²) in [5.74, 6) is 0.611. The fraction of sp³-hybridized carbons (Fsp3) is 1.00. The molecule has 1 heterocycles. The fourth-order valence-electron chi connectivity index (χ4n) is 1.36. The van der Waals surface area contributed by atoms with Crippen LogP contribution in [0.1, 0.15) is 12.8 Å². The Hall–Kier alpha value is -0.0900. The van der Waals surface area contributed by atoms with E-state index in [0.29, 0.717) is 5.92 Å². The zero-order valence-electron chi connectivity index (χ0n) is 7.88. The minimum absolute atomic E-state index is 0.611. The molecular weight excluding hydrogens is 172 g/mol. The molecule has 1 atom stereocenters. The van der Waals surface area contributed by atoms with Crippen LogP contribution in [0.2, 0.25) is 0 Å². The van der Waals surface area contributed by atoms with Crippen molar-refractivity contribution >= 4 is 9.73 Å². The number of rotatable bonds is 2. The summed E-state index contributed by atoms with van der Waals surface area (Å²) in [6, 6.07) is 0. The Morgan fingerprint density at radius 1 is 1.58 bits per heavy atom. The normalized spacial score (nSPS) is 25.3. The molecule has 1 aliphatic heterocycles. The van der Waals surface area contributed by atoms with Gasteiger partial charge in [0.05, 0.1) is 6.54 Å². The maximum absolute atomic E-state index is 11.2. The highest BCUT2D eigenvalue weighted by Crippen LogP contribution is 2.10. The van der Waals surface area contributed by atoms with Crippen molar-refractivity contribution in [3.63, 3.8) is 0 Å². The molecule has 1 rings (SSSR count). The van der Waals surface area contributed by atoms with Gasteiger partial charge in [-0.3, -0.25) is 4.21 Å². The number of piperidine rings is 1. The molecule has 0 radical (unpaired) electrons. The van der Waals surface area contributed by atoms with Gasteiger partial charge in [0, 0.05) is 22.2 Å². The van der Waals surface area contributed by atoms with Crippen LogP contribution in [0.3, 0.4) is 0 Å². The second-order valence-electron chi connectivity index (χ2n) is 3.71. The van der Waals surface area contributed by atoms with Gasteiger partial charge in [0.1, 0.15) is 0 Å². The molecule has 4 heteroatoms. The van der Waals surface area contributed by atoms with Crippen LogP contribution >= 0.6 is 0 Å². The summed E-state index contributed by atoms with van der Waals surface area (Å²) >= 11 is 0. The van der Waals surface area contributed by atoms with E-state index in [0.717, 1.165) is 19.6 Å². The van der Waals surface area contributed by atoms with E-state index < -0.39 is 9.73 Å². The number of nitrogens with zero attached hydrogens (tertiary/aromatic N) is 1. The minimum Gasteiger partial charge on any atom is -0.316 e. The molecule has 1 saturated heterocycles. The number of nitrogens with one attached hydrogen (secondary N) is 1. The third-order valence-electron chi connectivity index (χ3n) is 2.04. The maximum Gasteiger partial charge on any atom is 0.0524 e. The van der Waals surface area contributed by atoms with Gasteiger partial charge >= 0.3 is 0 Å². The van der Waals surface area contributed by atoms with Crippen LogP contribution in [-0.4, -0.2) is 36.4 Å². The Morgan fingerprint density at radius 3 is 2.83 bits per heavy atom. The summed E-state index contributed by atoms with van der Waals surface area (Å²) in [7, 11) is -1.88. The molecule has 0 aromatic heterocycles. The van der Waals surface area contributed by atoms with Crippen molar-refractivity contribution < 1.29 is 4.21 Å².